The fourth-order valence-corrected chi connectivity index (χ4v) is 4.11. The van der Waals surface area contributed by atoms with Gasteiger partial charge in [0.2, 0.25) is 0 Å². The van der Waals surface area contributed by atoms with Gasteiger partial charge < -0.3 is 5.73 Å². The summed E-state index contributed by atoms with van der Waals surface area (Å²) in [5.74, 6) is -0.600. The fraction of sp³-hybridized carbons (Fsp3) is 0.143. The summed E-state index contributed by atoms with van der Waals surface area (Å²) < 4.78 is 41.0. The average Bonchev–Trinajstić information content (AvgIpc) is 2.44. The number of para-hydroxylation sites is 1. The summed E-state index contributed by atoms with van der Waals surface area (Å²) in [5, 5.41) is 0. The van der Waals surface area contributed by atoms with Crippen LogP contribution in [0.2, 0.25) is 0 Å². The maximum absolute atomic E-state index is 13.9. The van der Waals surface area contributed by atoms with E-state index >= 15 is 0 Å². The van der Waals surface area contributed by atoms with Crippen molar-refractivity contribution in [3.8, 4) is 0 Å². The number of nitrogens with zero attached hydrogens (tertiary/aromatic N) is 1. The highest BCUT2D eigenvalue weighted by atomic mass is 79.9. The number of sulfonamides is 1. The summed E-state index contributed by atoms with van der Waals surface area (Å²) in [5.41, 5.74) is 5.88. The Kier molecular flexibility index (Phi) is 4.53. The lowest BCUT2D eigenvalue weighted by Gasteiger charge is -2.24. The Balaban J connectivity index is 2.61. The topological polar surface area (TPSA) is 63.4 Å². The number of benzene rings is 2. The van der Waals surface area contributed by atoms with Crippen molar-refractivity contribution in [2.75, 3.05) is 16.6 Å². The molecule has 0 aromatic heterocycles. The molecule has 0 unspecified atom stereocenters. The number of nitrogen functional groups attached to an aromatic ring is 1. The van der Waals surface area contributed by atoms with Gasteiger partial charge in [-0.15, -0.1) is 0 Å². The zero-order chi connectivity index (χ0) is 15.6. The van der Waals surface area contributed by atoms with Crippen LogP contribution in [-0.2, 0) is 10.0 Å². The molecule has 0 heterocycles. The predicted molar refractivity (Wildman–Crippen MR) is 85.2 cm³/mol. The molecule has 21 heavy (non-hydrogen) atoms. The smallest absolute Gasteiger partial charge is 0.266 e. The molecular formula is C14H14BrFN2O2S. The molecule has 4 nitrogen and oxygen atoms in total. The largest absolute Gasteiger partial charge is 0.398 e. The minimum atomic E-state index is -3.94. The Labute approximate surface area is 131 Å². The molecule has 0 amide bonds. The van der Waals surface area contributed by atoms with Crippen LogP contribution in [0.4, 0.5) is 15.8 Å². The van der Waals surface area contributed by atoms with Crippen molar-refractivity contribution in [3.63, 3.8) is 0 Å². The number of anilines is 2. The Morgan fingerprint density at radius 1 is 1.24 bits per heavy atom. The van der Waals surface area contributed by atoms with E-state index in [4.69, 9.17) is 5.73 Å². The van der Waals surface area contributed by atoms with Gasteiger partial charge in [0.15, 0.2) is 0 Å². The van der Waals surface area contributed by atoms with Crippen LogP contribution in [0.15, 0.2) is 51.8 Å². The molecule has 0 aliphatic heterocycles. The number of hydrogen-bond donors (Lipinski definition) is 1. The third-order valence-electron chi connectivity index (χ3n) is 2.95. The number of nitrogens with two attached hydrogens (primary N) is 1. The molecule has 0 saturated heterocycles. The van der Waals surface area contributed by atoms with E-state index in [0.29, 0.717) is 4.47 Å². The van der Waals surface area contributed by atoms with Gasteiger partial charge in [-0.2, -0.15) is 0 Å². The van der Waals surface area contributed by atoms with Gasteiger partial charge in [-0.1, -0.05) is 28.1 Å². The molecule has 0 atom stereocenters. The van der Waals surface area contributed by atoms with Crippen LogP contribution in [0, 0.1) is 5.82 Å². The molecule has 2 N–H and O–H groups in total. The molecule has 2 aromatic rings. The first-order valence-electron chi connectivity index (χ1n) is 6.20. The molecule has 112 valence electrons. The first kappa shape index (κ1) is 15.8. The zero-order valence-corrected chi connectivity index (χ0v) is 13.7. The van der Waals surface area contributed by atoms with Crippen LogP contribution in [0.25, 0.3) is 0 Å². The molecule has 0 bridgehead atoms. The third-order valence-corrected chi connectivity index (χ3v) is 5.39. The number of rotatable bonds is 4. The maximum Gasteiger partial charge on any atom is 0.266 e. The average molecular weight is 373 g/mol. The molecule has 0 aliphatic rings. The summed E-state index contributed by atoms with van der Waals surface area (Å²) >= 11 is 3.22. The van der Waals surface area contributed by atoms with E-state index in [1.165, 1.54) is 30.3 Å². The van der Waals surface area contributed by atoms with Gasteiger partial charge in [0.25, 0.3) is 10.0 Å². The van der Waals surface area contributed by atoms with Crippen molar-refractivity contribution >= 4 is 37.3 Å². The standard InChI is InChI=1S/C14H14BrFN2O2S/c1-2-18(13-6-4-3-5-11(13)16)21(19,20)14-9-10(15)7-8-12(14)17/h3-9H,2,17H2,1H3. The molecule has 2 rings (SSSR count). The maximum atomic E-state index is 13.9. The Morgan fingerprint density at radius 3 is 2.52 bits per heavy atom. The molecule has 0 spiro atoms. The van der Waals surface area contributed by atoms with Crippen LogP contribution < -0.4 is 10.0 Å². The Bertz CT molecular complexity index is 765. The van der Waals surface area contributed by atoms with E-state index in [0.717, 1.165) is 4.31 Å². The molecule has 0 saturated carbocycles. The SMILES string of the molecule is CCN(c1ccccc1F)S(=O)(=O)c1cc(Br)ccc1N. The Hall–Kier alpha value is -1.60. The third kappa shape index (κ3) is 3.03. The van der Waals surface area contributed by atoms with Crippen molar-refractivity contribution < 1.29 is 12.8 Å². The summed E-state index contributed by atoms with van der Waals surface area (Å²) in [7, 11) is -3.94. The van der Waals surface area contributed by atoms with Gasteiger partial charge in [-0.05, 0) is 37.3 Å². The first-order valence-corrected chi connectivity index (χ1v) is 8.43. The minimum absolute atomic E-state index is 0.000578. The molecule has 2 aromatic carbocycles. The van der Waals surface area contributed by atoms with Crippen LogP contribution in [0.5, 0.6) is 0 Å². The van der Waals surface area contributed by atoms with E-state index in [9.17, 15) is 12.8 Å². The van der Waals surface area contributed by atoms with Crippen LogP contribution in [0.1, 0.15) is 6.92 Å². The van der Waals surface area contributed by atoms with Crippen LogP contribution >= 0.6 is 15.9 Å². The minimum Gasteiger partial charge on any atom is -0.398 e. The van der Waals surface area contributed by atoms with Crippen molar-refractivity contribution in [2.45, 2.75) is 11.8 Å². The first-order chi connectivity index (χ1) is 9.87. The Morgan fingerprint density at radius 2 is 1.90 bits per heavy atom. The molecule has 0 aliphatic carbocycles. The number of hydrogen-bond acceptors (Lipinski definition) is 3. The van der Waals surface area contributed by atoms with Crippen molar-refractivity contribution in [2.24, 2.45) is 0 Å². The lowest BCUT2D eigenvalue weighted by molar-refractivity contribution is 0.586. The lowest BCUT2D eigenvalue weighted by atomic mass is 10.3. The molecule has 0 radical (unpaired) electrons. The zero-order valence-electron chi connectivity index (χ0n) is 11.3. The van der Waals surface area contributed by atoms with Crippen LogP contribution in [0.3, 0.4) is 0 Å². The van der Waals surface area contributed by atoms with Gasteiger partial charge in [0, 0.05) is 11.0 Å². The highest BCUT2D eigenvalue weighted by molar-refractivity contribution is 9.10. The summed E-state index contributed by atoms with van der Waals surface area (Å²) in [4.78, 5) is -0.0537. The van der Waals surface area contributed by atoms with Gasteiger partial charge in [0.1, 0.15) is 10.7 Å². The predicted octanol–water partition coefficient (Wildman–Crippen LogP) is 3.39. The van der Waals surface area contributed by atoms with Gasteiger partial charge in [0.05, 0.1) is 11.4 Å². The van der Waals surface area contributed by atoms with Crippen molar-refractivity contribution in [3.05, 3.63) is 52.8 Å². The number of halogens is 2. The second-order valence-corrected chi connectivity index (χ2v) is 7.05. The molecule has 0 fully saturated rings. The summed E-state index contributed by atoms with van der Waals surface area (Å²) in [6.45, 7) is 1.73. The second kappa shape index (κ2) is 6.03. The highest BCUT2D eigenvalue weighted by Crippen LogP contribution is 2.30. The summed E-state index contributed by atoms with van der Waals surface area (Å²) in [6.07, 6.45) is 0. The molecule has 7 heteroatoms. The summed E-state index contributed by atoms with van der Waals surface area (Å²) in [6, 6.07) is 10.3. The quantitative estimate of drug-likeness (QED) is 0.836. The second-order valence-electron chi connectivity index (χ2n) is 4.30. The van der Waals surface area contributed by atoms with Crippen LogP contribution in [-0.4, -0.2) is 15.0 Å². The monoisotopic (exact) mass is 372 g/mol. The van der Waals surface area contributed by atoms with E-state index in [2.05, 4.69) is 15.9 Å². The fourth-order valence-electron chi connectivity index (χ4n) is 1.97. The van der Waals surface area contributed by atoms with Crippen molar-refractivity contribution in [1.29, 1.82) is 0 Å². The van der Waals surface area contributed by atoms with E-state index in [-0.39, 0.29) is 22.8 Å². The van der Waals surface area contributed by atoms with E-state index in [1.807, 2.05) is 0 Å². The van der Waals surface area contributed by atoms with E-state index < -0.39 is 15.8 Å². The van der Waals surface area contributed by atoms with Gasteiger partial charge in [-0.25, -0.2) is 12.8 Å². The van der Waals surface area contributed by atoms with E-state index in [1.54, 1.807) is 19.1 Å². The van der Waals surface area contributed by atoms with Gasteiger partial charge in [-0.3, -0.25) is 4.31 Å². The van der Waals surface area contributed by atoms with Gasteiger partial charge >= 0.3 is 0 Å². The normalized spacial score (nSPS) is 11.4. The molecular weight excluding hydrogens is 359 g/mol. The lowest BCUT2D eigenvalue weighted by Crippen LogP contribution is -2.32. The van der Waals surface area contributed by atoms with Crippen molar-refractivity contribution in [1.82, 2.24) is 0 Å². The highest BCUT2D eigenvalue weighted by Gasteiger charge is 2.27.